The van der Waals surface area contributed by atoms with E-state index in [2.05, 4.69) is 30.9 Å². The van der Waals surface area contributed by atoms with Gasteiger partial charge in [-0.25, -0.2) is 0 Å². The monoisotopic (exact) mass is 208 g/mol. The van der Waals surface area contributed by atoms with Gasteiger partial charge in [0, 0.05) is 25.2 Å². The van der Waals surface area contributed by atoms with Gasteiger partial charge in [0.05, 0.1) is 0 Å². The topological polar surface area (TPSA) is 29.3 Å². The van der Waals surface area contributed by atoms with Crippen LogP contribution in [0.2, 0.25) is 0 Å². The van der Waals surface area contributed by atoms with Gasteiger partial charge >= 0.3 is 0 Å². The van der Waals surface area contributed by atoms with Gasteiger partial charge in [-0.1, -0.05) is 26.0 Å². The number of nitrogens with two attached hydrogens (primary N) is 1. The number of hydrogen-bond acceptors (Lipinski definition) is 2. The van der Waals surface area contributed by atoms with Crippen molar-refractivity contribution < 1.29 is 0 Å². The summed E-state index contributed by atoms with van der Waals surface area (Å²) in [6.45, 7) is 7.30. The Kier molecular flexibility index (Phi) is 3.47. The summed E-state index contributed by atoms with van der Waals surface area (Å²) in [5.41, 5.74) is 5.88. The summed E-state index contributed by atoms with van der Waals surface area (Å²) in [5, 5.41) is 0. The first kappa shape index (κ1) is 11.2. The lowest BCUT2D eigenvalue weighted by molar-refractivity contribution is 0.107. The van der Waals surface area contributed by atoms with Gasteiger partial charge in [-0.05, 0) is 31.1 Å². The van der Waals surface area contributed by atoms with Crippen LogP contribution in [-0.4, -0.2) is 30.1 Å². The number of rotatable bonds is 1. The fourth-order valence-electron chi connectivity index (χ4n) is 3.11. The summed E-state index contributed by atoms with van der Waals surface area (Å²) in [7, 11) is 0. The summed E-state index contributed by atoms with van der Waals surface area (Å²) in [6, 6.07) is 0.968. The molecule has 4 atom stereocenters. The van der Waals surface area contributed by atoms with E-state index in [-0.39, 0.29) is 0 Å². The fourth-order valence-corrected chi connectivity index (χ4v) is 3.11. The highest BCUT2D eigenvalue weighted by Gasteiger charge is 2.27. The number of piperidine rings is 1. The zero-order valence-electron chi connectivity index (χ0n) is 10.0. The molecule has 1 heterocycles. The fraction of sp³-hybridized carbons (Fsp3) is 0.846. The van der Waals surface area contributed by atoms with Crippen molar-refractivity contribution in [2.45, 2.75) is 45.2 Å². The third-order valence-corrected chi connectivity index (χ3v) is 3.74. The van der Waals surface area contributed by atoms with Crippen molar-refractivity contribution in [3.05, 3.63) is 12.2 Å². The van der Waals surface area contributed by atoms with Crippen molar-refractivity contribution in [2.24, 2.45) is 17.6 Å². The Morgan fingerprint density at radius 2 is 1.73 bits per heavy atom. The molecule has 2 N–H and O–H groups in total. The molecular formula is C13H24N2. The molecule has 2 heteroatoms. The molecule has 1 saturated heterocycles. The first-order valence-electron chi connectivity index (χ1n) is 6.33. The molecule has 1 aliphatic carbocycles. The van der Waals surface area contributed by atoms with Crippen LogP contribution >= 0.6 is 0 Å². The van der Waals surface area contributed by atoms with E-state index in [1.54, 1.807) is 0 Å². The summed E-state index contributed by atoms with van der Waals surface area (Å²) in [5.74, 6) is 1.72. The molecule has 0 aromatic heterocycles. The van der Waals surface area contributed by atoms with Crippen molar-refractivity contribution in [3.8, 4) is 0 Å². The van der Waals surface area contributed by atoms with Crippen molar-refractivity contribution in [3.63, 3.8) is 0 Å². The number of likely N-dealkylation sites (tertiary alicyclic amines) is 1. The summed E-state index contributed by atoms with van der Waals surface area (Å²) < 4.78 is 0. The van der Waals surface area contributed by atoms with Gasteiger partial charge in [-0.2, -0.15) is 0 Å². The Bertz CT molecular complexity index is 227. The quantitative estimate of drug-likeness (QED) is 0.668. The smallest absolute Gasteiger partial charge is 0.0279 e. The third kappa shape index (κ3) is 2.82. The zero-order chi connectivity index (χ0) is 10.8. The molecule has 0 saturated carbocycles. The minimum absolute atomic E-state index is 0.306. The highest BCUT2D eigenvalue weighted by molar-refractivity contribution is 5.05. The van der Waals surface area contributed by atoms with Crippen molar-refractivity contribution >= 4 is 0 Å². The molecule has 1 aliphatic heterocycles. The molecule has 86 valence electrons. The van der Waals surface area contributed by atoms with E-state index in [1.807, 2.05) is 0 Å². The maximum atomic E-state index is 5.88. The van der Waals surface area contributed by atoms with E-state index in [0.29, 0.717) is 12.1 Å². The minimum atomic E-state index is 0.306. The van der Waals surface area contributed by atoms with Crippen LogP contribution in [0.5, 0.6) is 0 Å². The van der Waals surface area contributed by atoms with Crippen molar-refractivity contribution in [1.29, 1.82) is 0 Å². The molecule has 2 rings (SSSR count). The van der Waals surface area contributed by atoms with Crippen LogP contribution in [0.4, 0.5) is 0 Å². The van der Waals surface area contributed by atoms with Gasteiger partial charge in [0.1, 0.15) is 0 Å². The van der Waals surface area contributed by atoms with Crippen LogP contribution in [0.3, 0.4) is 0 Å². The molecule has 0 bridgehead atoms. The molecule has 2 nitrogen and oxygen atoms in total. The molecule has 3 unspecified atom stereocenters. The SMILES string of the molecule is CC1C[C@@H](C)CN(C2C=CC(N)CC2)C1. The average molecular weight is 208 g/mol. The second-order valence-corrected chi connectivity index (χ2v) is 5.59. The maximum absolute atomic E-state index is 5.88. The molecule has 0 aromatic carbocycles. The Morgan fingerprint density at radius 3 is 2.27 bits per heavy atom. The van der Waals surface area contributed by atoms with Gasteiger partial charge in [0.25, 0.3) is 0 Å². The molecular weight excluding hydrogens is 184 g/mol. The first-order valence-corrected chi connectivity index (χ1v) is 6.33. The second kappa shape index (κ2) is 4.67. The lowest BCUT2D eigenvalue weighted by Gasteiger charge is -2.40. The Labute approximate surface area is 93.5 Å². The van der Waals surface area contributed by atoms with Crippen LogP contribution < -0.4 is 5.73 Å². The Morgan fingerprint density at radius 1 is 1.07 bits per heavy atom. The predicted molar refractivity (Wildman–Crippen MR) is 64.7 cm³/mol. The van der Waals surface area contributed by atoms with Crippen LogP contribution in [0, 0.1) is 11.8 Å². The Hall–Kier alpha value is -0.340. The van der Waals surface area contributed by atoms with Crippen LogP contribution in [0.1, 0.15) is 33.1 Å². The molecule has 2 aliphatic rings. The summed E-state index contributed by atoms with van der Waals surface area (Å²) >= 11 is 0. The number of hydrogen-bond donors (Lipinski definition) is 1. The average Bonchev–Trinajstić information content (AvgIpc) is 2.17. The largest absolute Gasteiger partial charge is 0.324 e. The maximum Gasteiger partial charge on any atom is 0.0279 e. The molecule has 1 fully saturated rings. The molecule has 15 heavy (non-hydrogen) atoms. The minimum Gasteiger partial charge on any atom is -0.324 e. The highest BCUT2D eigenvalue weighted by Crippen LogP contribution is 2.26. The highest BCUT2D eigenvalue weighted by atomic mass is 15.2. The van der Waals surface area contributed by atoms with E-state index in [1.165, 1.54) is 25.9 Å². The molecule has 0 amide bonds. The lowest BCUT2D eigenvalue weighted by atomic mass is 9.88. The first-order chi connectivity index (χ1) is 7.15. The van der Waals surface area contributed by atoms with Gasteiger partial charge in [-0.15, -0.1) is 0 Å². The number of nitrogens with zero attached hydrogens (tertiary/aromatic N) is 1. The van der Waals surface area contributed by atoms with E-state index < -0.39 is 0 Å². The third-order valence-electron chi connectivity index (χ3n) is 3.74. The van der Waals surface area contributed by atoms with Gasteiger partial charge in [0.15, 0.2) is 0 Å². The van der Waals surface area contributed by atoms with Crippen molar-refractivity contribution in [1.82, 2.24) is 4.90 Å². The van der Waals surface area contributed by atoms with Crippen LogP contribution in [-0.2, 0) is 0 Å². The van der Waals surface area contributed by atoms with Crippen LogP contribution in [0.25, 0.3) is 0 Å². The predicted octanol–water partition coefficient (Wildman–Crippen LogP) is 2.01. The van der Waals surface area contributed by atoms with E-state index in [0.717, 1.165) is 18.3 Å². The van der Waals surface area contributed by atoms with Crippen LogP contribution in [0.15, 0.2) is 12.2 Å². The molecule has 0 radical (unpaired) electrons. The van der Waals surface area contributed by atoms with E-state index in [4.69, 9.17) is 5.73 Å². The molecule has 0 aromatic rings. The standard InChI is InChI=1S/C13H24N2/c1-10-7-11(2)9-15(8-10)13-5-3-12(14)4-6-13/h3,5,10-13H,4,6-9,14H2,1-2H3/t10-,11?,12?,13?/m1/s1. The van der Waals surface area contributed by atoms with Gasteiger partial charge in [-0.3, -0.25) is 4.90 Å². The zero-order valence-corrected chi connectivity index (χ0v) is 10.0. The van der Waals surface area contributed by atoms with Gasteiger partial charge < -0.3 is 5.73 Å². The second-order valence-electron chi connectivity index (χ2n) is 5.59. The van der Waals surface area contributed by atoms with Gasteiger partial charge in [0.2, 0.25) is 0 Å². The normalized spacial score (nSPS) is 43.1. The van der Waals surface area contributed by atoms with E-state index >= 15 is 0 Å². The van der Waals surface area contributed by atoms with E-state index in [9.17, 15) is 0 Å². The summed E-state index contributed by atoms with van der Waals surface area (Å²) in [4.78, 5) is 2.65. The Balaban J connectivity index is 1.95. The lowest BCUT2D eigenvalue weighted by Crippen LogP contribution is -2.45. The summed E-state index contributed by atoms with van der Waals surface area (Å²) in [6.07, 6.45) is 8.32. The molecule has 0 spiro atoms. The van der Waals surface area contributed by atoms with Crippen molar-refractivity contribution in [2.75, 3.05) is 13.1 Å².